The number of fused-ring (bicyclic) bond motifs is 1. The van der Waals surface area contributed by atoms with Gasteiger partial charge in [0, 0.05) is 22.7 Å². The van der Waals surface area contributed by atoms with Gasteiger partial charge in [-0.25, -0.2) is 0 Å². The molecule has 0 spiro atoms. The lowest BCUT2D eigenvalue weighted by atomic mass is 9.93. The largest absolute Gasteiger partial charge is 0.284 e. The third-order valence-corrected chi connectivity index (χ3v) is 3.26. The van der Waals surface area contributed by atoms with Gasteiger partial charge in [-0.15, -0.1) is 0 Å². The number of nitrogens with zero attached hydrogens (tertiary/aromatic N) is 1. The maximum absolute atomic E-state index is 6.07. The van der Waals surface area contributed by atoms with E-state index in [4.69, 9.17) is 11.6 Å². The van der Waals surface area contributed by atoms with Gasteiger partial charge in [0.15, 0.2) is 0 Å². The molecule has 2 heteroatoms. The molecule has 84 valence electrons. The van der Waals surface area contributed by atoms with Gasteiger partial charge in [0.05, 0.1) is 5.71 Å². The zero-order valence-corrected chi connectivity index (χ0v) is 10.1. The molecular weight excluding hydrogens is 230 g/mol. The molecule has 0 bridgehead atoms. The van der Waals surface area contributed by atoms with E-state index in [2.05, 4.69) is 23.2 Å². The van der Waals surface area contributed by atoms with E-state index in [0.717, 1.165) is 29.3 Å². The molecule has 0 unspecified atom stereocenters. The molecule has 0 fully saturated rings. The molecule has 3 rings (SSSR count). The number of benzene rings is 2. The van der Waals surface area contributed by atoms with E-state index in [1.54, 1.807) is 0 Å². The van der Waals surface area contributed by atoms with Crippen LogP contribution in [0, 0.1) is 0 Å². The van der Waals surface area contributed by atoms with E-state index in [0.29, 0.717) is 0 Å². The van der Waals surface area contributed by atoms with Crippen LogP contribution in [0.25, 0.3) is 0 Å². The van der Waals surface area contributed by atoms with Gasteiger partial charge in [0.2, 0.25) is 0 Å². The molecule has 1 nitrogen and oxygen atoms in total. The average molecular weight is 242 g/mol. The van der Waals surface area contributed by atoms with Crippen LogP contribution in [0.15, 0.2) is 53.5 Å². The first-order valence-electron chi connectivity index (χ1n) is 5.73. The lowest BCUT2D eigenvalue weighted by Gasteiger charge is -2.17. The van der Waals surface area contributed by atoms with E-state index in [-0.39, 0.29) is 0 Å². The molecule has 1 aliphatic heterocycles. The van der Waals surface area contributed by atoms with Crippen LogP contribution in [0.4, 0.5) is 0 Å². The van der Waals surface area contributed by atoms with Gasteiger partial charge in [-0.1, -0.05) is 48.0 Å². The topological polar surface area (TPSA) is 12.4 Å². The maximum Gasteiger partial charge on any atom is 0.0722 e. The molecule has 17 heavy (non-hydrogen) atoms. The summed E-state index contributed by atoms with van der Waals surface area (Å²) in [6, 6.07) is 16.4. The van der Waals surface area contributed by atoms with Crippen molar-refractivity contribution < 1.29 is 0 Å². The third kappa shape index (κ3) is 1.98. The summed E-state index contributed by atoms with van der Waals surface area (Å²) in [7, 11) is 0. The Morgan fingerprint density at radius 1 is 1.00 bits per heavy atom. The van der Waals surface area contributed by atoms with E-state index in [1.165, 1.54) is 11.1 Å². The van der Waals surface area contributed by atoms with E-state index < -0.39 is 0 Å². The van der Waals surface area contributed by atoms with E-state index in [1.807, 2.05) is 30.3 Å². The van der Waals surface area contributed by atoms with Crippen LogP contribution in [0.2, 0.25) is 5.02 Å². The summed E-state index contributed by atoms with van der Waals surface area (Å²) in [6.07, 6.45) is 1.00. The second-order valence-electron chi connectivity index (χ2n) is 4.15. The predicted octanol–water partition coefficient (Wildman–Crippen LogP) is 3.73. The Morgan fingerprint density at radius 2 is 1.82 bits per heavy atom. The third-order valence-electron chi connectivity index (χ3n) is 3.03. The van der Waals surface area contributed by atoms with Crippen molar-refractivity contribution in [1.29, 1.82) is 0 Å². The van der Waals surface area contributed by atoms with Crippen LogP contribution in [-0.4, -0.2) is 12.3 Å². The zero-order chi connectivity index (χ0) is 11.7. The molecule has 2 aromatic carbocycles. The Labute approximate surface area is 106 Å². The van der Waals surface area contributed by atoms with Crippen molar-refractivity contribution in [3.63, 3.8) is 0 Å². The molecule has 0 radical (unpaired) electrons. The molecule has 2 aromatic rings. The van der Waals surface area contributed by atoms with Crippen molar-refractivity contribution in [3.05, 3.63) is 70.2 Å². The fraction of sp³-hybridized carbons (Fsp3) is 0.133. The number of halogens is 1. The van der Waals surface area contributed by atoms with Crippen LogP contribution >= 0.6 is 11.6 Å². The van der Waals surface area contributed by atoms with Crippen molar-refractivity contribution >= 4 is 17.3 Å². The average Bonchev–Trinajstić information content (AvgIpc) is 2.39. The fourth-order valence-corrected chi connectivity index (χ4v) is 2.38. The highest BCUT2D eigenvalue weighted by atomic mass is 35.5. The molecular formula is C15H12ClN. The summed E-state index contributed by atoms with van der Waals surface area (Å²) in [5.74, 6) is 0. The van der Waals surface area contributed by atoms with E-state index in [9.17, 15) is 0 Å². The molecule has 0 saturated heterocycles. The van der Waals surface area contributed by atoms with Crippen molar-refractivity contribution in [2.45, 2.75) is 6.42 Å². The first-order valence-corrected chi connectivity index (χ1v) is 6.11. The highest BCUT2D eigenvalue weighted by Crippen LogP contribution is 2.23. The minimum atomic E-state index is 0.772. The van der Waals surface area contributed by atoms with Crippen LogP contribution in [0.3, 0.4) is 0 Å². The Kier molecular flexibility index (Phi) is 2.69. The quantitative estimate of drug-likeness (QED) is 0.721. The Balaban J connectivity index is 2.14. The van der Waals surface area contributed by atoms with Gasteiger partial charge >= 0.3 is 0 Å². The maximum atomic E-state index is 6.07. The van der Waals surface area contributed by atoms with Gasteiger partial charge in [0.25, 0.3) is 0 Å². The first kappa shape index (κ1) is 10.5. The molecule has 1 aliphatic rings. The Morgan fingerprint density at radius 3 is 2.65 bits per heavy atom. The number of rotatable bonds is 1. The smallest absolute Gasteiger partial charge is 0.0722 e. The standard InChI is InChI=1S/C15H12ClN/c16-13-7-6-11-8-9-17-15(14(11)10-13)12-4-2-1-3-5-12/h1-7,10H,8-9H2. The molecule has 0 aliphatic carbocycles. The minimum absolute atomic E-state index is 0.772. The summed E-state index contributed by atoms with van der Waals surface area (Å²) in [6.45, 7) is 0.860. The van der Waals surface area contributed by atoms with Crippen molar-refractivity contribution in [2.24, 2.45) is 4.99 Å². The number of aliphatic imine (C=N–C) groups is 1. The van der Waals surface area contributed by atoms with Gasteiger partial charge in [-0.3, -0.25) is 4.99 Å². The minimum Gasteiger partial charge on any atom is -0.284 e. The van der Waals surface area contributed by atoms with Gasteiger partial charge in [-0.2, -0.15) is 0 Å². The summed E-state index contributed by atoms with van der Waals surface area (Å²) < 4.78 is 0. The van der Waals surface area contributed by atoms with Crippen LogP contribution in [-0.2, 0) is 6.42 Å². The number of hydrogen-bond donors (Lipinski definition) is 0. The summed E-state index contributed by atoms with van der Waals surface area (Å²) >= 11 is 6.07. The summed E-state index contributed by atoms with van der Waals surface area (Å²) in [4.78, 5) is 4.64. The van der Waals surface area contributed by atoms with E-state index >= 15 is 0 Å². The van der Waals surface area contributed by atoms with Gasteiger partial charge in [-0.05, 0) is 24.1 Å². The fourth-order valence-electron chi connectivity index (χ4n) is 2.20. The molecule has 0 atom stereocenters. The molecule has 0 aromatic heterocycles. The number of hydrogen-bond acceptors (Lipinski definition) is 1. The van der Waals surface area contributed by atoms with Crippen molar-refractivity contribution in [2.75, 3.05) is 6.54 Å². The lowest BCUT2D eigenvalue weighted by Crippen LogP contribution is -2.13. The van der Waals surface area contributed by atoms with Gasteiger partial charge in [0.1, 0.15) is 0 Å². The Hall–Kier alpha value is -1.60. The highest BCUT2D eigenvalue weighted by Gasteiger charge is 2.15. The normalized spacial score (nSPS) is 14.1. The first-order chi connectivity index (χ1) is 8.34. The van der Waals surface area contributed by atoms with Crippen LogP contribution < -0.4 is 0 Å². The second-order valence-corrected chi connectivity index (χ2v) is 4.58. The summed E-state index contributed by atoms with van der Waals surface area (Å²) in [5, 5.41) is 0.772. The molecule has 0 saturated carbocycles. The van der Waals surface area contributed by atoms with Crippen molar-refractivity contribution in [3.8, 4) is 0 Å². The van der Waals surface area contributed by atoms with Crippen molar-refractivity contribution in [1.82, 2.24) is 0 Å². The SMILES string of the molecule is Clc1ccc2c(c1)C(c1ccccc1)=NCC2. The van der Waals surface area contributed by atoms with Crippen LogP contribution in [0.5, 0.6) is 0 Å². The predicted molar refractivity (Wildman–Crippen MR) is 72.1 cm³/mol. The molecule has 0 amide bonds. The zero-order valence-electron chi connectivity index (χ0n) is 9.36. The Bertz CT molecular complexity index is 573. The second kappa shape index (κ2) is 4.34. The monoisotopic (exact) mass is 241 g/mol. The molecule has 0 N–H and O–H groups in total. The lowest BCUT2D eigenvalue weighted by molar-refractivity contribution is 0.944. The van der Waals surface area contributed by atoms with Crippen LogP contribution in [0.1, 0.15) is 16.7 Å². The summed E-state index contributed by atoms with van der Waals surface area (Å²) in [5.41, 5.74) is 4.74. The van der Waals surface area contributed by atoms with Gasteiger partial charge < -0.3 is 0 Å². The highest BCUT2D eigenvalue weighted by molar-refractivity contribution is 6.31. The molecule has 1 heterocycles.